The molecule has 0 unspecified atom stereocenters. The van der Waals surface area contributed by atoms with Gasteiger partial charge in [0.1, 0.15) is 17.4 Å². The van der Waals surface area contributed by atoms with E-state index in [9.17, 15) is 14.7 Å². The minimum atomic E-state index is -0.998. The Morgan fingerprint density at radius 2 is 2.15 bits per heavy atom. The molecule has 2 rings (SSSR count). The van der Waals surface area contributed by atoms with E-state index in [1.54, 1.807) is 13.0 Å². The first-order valence-corrected chi connectivity index (χ1v) is 6.11. The molecule has 2 aromatic rings. The first-order chi connectivity index (χ1) is 9.40. The SMILES string of the molecule is Cc1cc(=O)oc2c(CN[C@H](C)C(=O)O)c(O)ccc12. The van der Waals surface area contributed by atoms with Crippen LogP contribution in [-0.2, 0) is 11.3 Å². The van der Waals surface area contributed by atoms with Crippen molar-refractivity contribution in [2.45, 2.75) is 26.4 Å². The van der Waals surface area contributed by atoms with Crippen molar-refractivity contribution >= 4 is 16.9 Å². The van der Waals surface area contributed by atoms with E-state index in [4.69, 9.17) is 9.52 Å². The summed E-state index contributed by atoms with van der Waals surface area (Å²) in [5, 5.41) is 22.2. The standard InChI is InChI=1S/C14H15NO5/c1-7-5-12(17)20-13-9(7)3-4-11(16)10(13)6-15-8(2)14(18)19/h3-5,8,15-16H,6H2,1-2H3,(H,18,19)/t8-/m1/s1. The lowest BCUT2D eigenvalue weighted by Gasteiger charge is -2.12. The maximum absolute atomic E-state index is 11.5. The van der Waals surface area contributed by atoms with Crippen LogP contribution in [0.2, 0.25) is 0 Å². The molecule has 1 atom stereocenters. The van der Waals surface area contributed by atoms with Gasteiger partial charge in [-0.1, -0.05) is 0 Å². The Balaban J connectivity index is 2.48. The Morgan fingerprint density at radius 3 is 2.80 bits per heavy atom. The first-order valence-electron chi connectivity index (χ1n) is 6.11. The zero-order chi connectivity index (χ0) is 14.9. The Hall–Kier alpha value is -2.34. The molecule has 0 amide bonds. The molecule has 0 aliphatic heterocycles. The monoisotopic (exact) mass is 277 g/mol. The van der Waals surface area contributed by atoms with Crippen LogP contribution in [0.5, 0.6) is 5.75 Å². The molecule has 0 spiro atoms. The Bertz CT molecular complexity index is 719. The summed E-state index contributed by atoms with van der Waals surface area (Å²) in [5.41, 5.74) is 0.883. The average molecular weight is 277 g/mol. The highest BCUT2D eigenvalue weighted by Gasteiger charge is 2.15. The Kier molecular flexibility index (Phi) is 3.76. The molecule has 0 radical (unpaired) electrons. The van der Waals surface area contributed by atoms with Crippen LogP contribution in [0.4, 0.5) is 0 Å². The largest absolute Gasteiger partial charge is 0.507 e. The van der Waals surface area contributed by atoms with Gasteiger partial charge in [0.05, 0.1) is 5.56 Å². The smallest absolute Gasteiger partial charge is 0.336 e. The molecule has 1 aromatic heterocycles. The zero-order valence-corrected chi connectivity index (χ0v) is 11.1. The van der Waals surface area contributed by atoms with Gasteiger partial charge in [-0.3, -0.25) is 4.79 Å². The molecule has 0 aliphatic rings. The quantitative estimate of drug-likeness (QED) is 0.730. The van der Waals surface area contributed by atoms with Gasteiger partial charge < -0.3 is 19.9 Å². The van der Waals surface area contributed by atoms with Gasteiger partial charge in [-0.05, 0) is 31.5 Å². The van der Waals surface area contributed by atoms with E-state index in [0.717, 1.165) is 5.56 Å². The maximum Gasteiger partial charge on any atom is 0.336 e. The van der Waals surface area contributed by atoms with E-state index in [1.807, 2.05) is 0 Å². The highest BCUT2D eigenvalue weighted by atomic mass is 16.4. The predicted octanol–water partition coefficient (Wildman–Crippen LogP) is 1.37. The number of hydrogen-bond donors (Lipinski definition) is 3. The van der Waals surface area contributed by atoms with Gasteiger partial charge in [-0.2, -0.15) is 0 Å². The third-order valence-corrected chi connectivity index (χ3v) is 3.15. The van der Waals surface area contributed by atoms with Gasteiger partial charge in [-0.15, -0.1) is 0 Å². The van der Waals surface area contributed by atoms with Crippen molar-refractivity contribution in [3.8, 4) is 5.75 Å². The third kappa shape index (κ3) is 2.65. The van der Waals surface area contributed by atoms with Crippen molar-refractivity contribution in [1.29, 1.82) is 0 Å². The van der Waals surface area contributed by atoms with E-state index in [1.165, 1.54) is 19.1 Å². The van der Waals surface area contributed by atoms with Crippen molar-refractivity contribution in [3.05, 3.63) is 39.7 Å². The van der Waals surface area contributed by atoms with Crippen LogP contribution in [0.3, 0.4) is 0 Å². The average Bonchev–Trinajstić information content (AvgIpc) is 2.36. The van der Waals surface area contributed by atoms with Crippen molar-refractivity contribution in [3.63, 3.8) is 0 Å². The summed E-state index contributed by atoms with van der Waals surface area (Å²) in [5.74, 6) is -1.04. The number of carboxylic acids is 1. The van der Waals surface area contributed by atoms with Crippen molar-refractivity contribution in [2.24, 2.45) is 0 Å². The molecule has 0 saturated carbocycles. The highest BCUT2D eigenvalue weighted by Crippen LogP contribution is 2.27. The molecule has 6 nitrogen and oxygen atoms in total. The highest BCUT2D eigenvalue weighted by molar-refractivity contribution is 5.85. The molecule has 106 valence electrons. The molecule has 1 heterocycles. The second-order valence-electron chi connectivity index (χ2n) is 4.63. The van der Waals surface area contributed by atoms with Crippen molar-refractivity contribution < 1.29 is 19.4 Å². The normalized spacial score (nSPS) is 12.5. The van der Waals surface area contributed by atoms with E-state index < -0.39 is 17.6 Å². The molecule has 20 heavy (non-hydrogen) atoms. The van der Waals surface area contributed by atoms with Gasteiger partial charge in [0.25, 0.3) is 0 Å². The van der Waals surface area contributed by atoms with Crippen LogP contribution < -0.4 is 10.9 Å². The lowest BCUT2D eigenvalue weighted by molar-refractivity contribution is -0.139. The number of aliphatic carboxylic acids is 1. The molecular weight excluding hydrogens is 262 g/mol. The van der Waals surface area contributed by atoms with Crippen LogP contribution >= 0.6 is 0 Å². The number of benzene rings is 1. The molecule has 0 aliphatic carbocycles. The lowest BCUT2D eigenvalue weighted by Crippen LogP contribution is -2.33. The number of hydrogen-bond acceptors (Lipinski definition) is 5. The minimum Gasteiger partial charge on any atom is -0.507 e. The number of aromatic hydroxyl groups is 1. The summed E-state index contributed by atoms with van der Waals surface area (Å²) in [7, 11) is 0. The van der Waals surface area contributed by atoms with E-state index in [-0.39, 0.29) is 17.9 Å². The maximum atomic E-state index is 11.5. The molecule has 0 bridgehead atoms. The van der Waals surface area contributed by atoms with Gasteiger partial charge in [0.15, 0.2) is 0 Å². The van der Waals surface area contributed by atoms with Gasteiger partial charge in [0, 0.05) is 18.0 Å². The number of fused-ring (bicyclic) bond motifs is 1. The second kappa shape index (κ2) is 5.34. The first kappa shape index (κ1) is 14.1. The molecule has 0 fully saturated rings. The number of carboxylic acid groups (broad SMARTS) is 1. The Morgan fingerprint density at radius 1 is 1.45 bits per heavy atom. The van der Waals surface area contributed by atoms with Gasteiger partial charge >= 0.3 is 11.6 Å². The number of aryl methyl sites for hydroxylation is 1. The van der Waals surface area contributed by atoms with Crippen LogP contribution in [0, 0.1) is 6.92 Å². The van der Waals surface area contributed by atoms with Crippen molar-refractivity contribution in [1.82, 2.24) is 5.32 Å². The molecule has 0 saturated heterocycles. The fraction of sp³-hybridized carbons (Fsp3) is 0.286. The Labute approximate surface area is 114 Å². The summed E-state index contributed by atoms with van der Waals surface area (Å²) in [4.78, 5) is 22.2. The third-order valence-electron chi connectivity index (χ3n) is 3.15. The van der Waals surface area contributed by atoms with Crippen LogP contribution in [-0.4, -0.2) is 22.2 Å². The van der Waals surface area contributed by atoms with E-state index in [2.05, 4.69) is 5.32 Å². The van der Waals surface area contributed by atoms with Crippen LogP contribution in [0.25, 0.3) is 11.0 Å². The summed E-state index contributed by atoms with van der Waals surface area (Å²) in [6.07, 6.45) is 0. The van der Waals surface area contributed by atoms with Crippen LogP contribution in [0.15, 0.2) is 27.4 Å². The lowest BCUT2D eigenvalue weighted by atomic mass is 10.1. The molecule has 1 aromatic carbocycles. The van der Waals surface area contributed by atoms with E-state index in [0.29, 0.717) is 10.9 Å². The molecular formula is C14H15NO5. The predicted molar refractivity (Wildman–Crippen MR) is 72.8 cm³/mol. The molecule has 6 heteroatoms. The number of rotatable bonds is 4. The summed E-state index contributed by atoms with van der Waals surface area (Å²) in [6.45, 7) is 3.35. The number of carbonyl (C=O) groups is 1. The number of nitrogens with one attached hydrogen (secondary N) is 1. The van der Waals surface area contributed by atoms with Crippen LogP contribution in [0.1, 0.15) is 18.1 Å². The van der Waals surface area contributed by atoms with Gasteiger partial charge in [0.2, 0.25) is 0 Å². The van der Waals surface area contributed by atoms with E-state index >= 15 is 0 Å². The topological polar surface area (TPSA) is 99.8 Å². The summed E-state index contributed by atoms with van der Waals surface area (Å²) >= 11 is 0. The fourth-order valence-electron chi connectivity index (χ4n) is 1.94. The number of phenolic OH excluding ortho intramolecular Hbond substituents is 1. The minimum absolute atomic E-state index is 0.0451. The number of phenols is 1. The summed E-state index contributed by atoms with van der Waals surface area (Å²) < 4.78 is 5.14. The van der Waals surface area contributed by atoms with Gasteiger partial charge in [-0.25, -0.2) is 4.79 Å². The molecule has 3 N–H and O–H groups in total. The fourth-order valence-corrected chi connectivity index (χ4v) is 1.94. The summed E-state index contributed by atoms with van der Waals surface area (Å²) in [6, 6.07) is 3.75. The van der Waals surface area contributed by atoms with Crippen molar-refractivity contribution in [2.75, 3.05) is 0 Å². The second-order valence-corrected chi connectivity index (χ2v) is 4.63. The zero-order valence-electron chi connectivity index (χ0n) is 11.1.